The van der Waals surface area contributed by atoms with Crippen LogP contribution in [0.5, 0.6) is 5.75 Å². The van der Waals surface area contributed by atoms with E-state index in [1.807, 2.05) is 24.3 Å². The maximum absolute atomic E-state index is 13.5. The smallest absolute Gasteiger partial charge is 0.418 e. The van der Waals surface area contributed by atoms with Crippen LogP contribution in [0.1, 0.15) is 36.0 Å². The maximum Gasteiger partial charge on any atom is 0.418 e. The highest BCUT2D eigenvalue weighted by molar-refractivity contribution is 6.06. The number of amides is 5. The first-order chi connectivity index (χ1) is 17.9. The van der Waals surface area contributed by atoms with E-state index in [1.165, 1.54) is 7.05 Å². The highest BCUT2D eigenvalue weighted by atomic mass is 16.6. The molecule has 37 heavy (non-hydrogen) atoms. The van der Waals surface area contributed by atoms with Gasteiger partial charge >= 0.3 is 12.1 Å². The Labute approximate surface area is 214 Å². The van der Waals surface area contributed by atoms with Gasteiger partial charge in [-0.2, -0.15) is 0 Å². The molecule has 2 aliphatic heterocycles. The van der Waals surface area contributed by atoms with Crippen molar-refractivity contribution in [2.45, 2.75) is 43.7 Å². The number of imide groups is 1. The van der Waals surface area contributed by atoms with E-state index in [1.54, 1.807) is 30.2 Å². The predicted molar refractivity (Wildman–Crippen MR) is 134 cm³/mol. The number of carbonyl (C=O) groups is 4. The first kappa shape index (κ1) is 24.6. The molecule has 2 saturated heterocycles. The fraction of sp³-hybridized carbons (Fsp3) is 0.407. The van der Waals surface area contributed by atoms with Crippen LogP contribution in [-0.2, 0) is 32.8 Å². The number of carbonyl (C=O) groups excluding carboxylic acids is 4. The van der Waals surface area contributed by atoms with Crippen molar-refractivity contribution in [2.75, 3.05) is 32.6 Å². The summed E-state index contributed by atoms with van der Waals surface area (Å²) in [5.74, 6) is -0.0178. The Bertz CT molecular complexity index is 1260. The average molecular weight is 507 g/mol. The first-order valence-electron chi connectivity index (χ1n) is 12.4. The van der Waals surface area contributed by atoms with Crippen molar-refractivity contribution in [1.82, 2.24) is 15.1 Å². The van der Waals surface area contributed by atoms with Crippen molar-refractivity contribution in [3.63, 3.8) is 0 Å². The summed E-state index contributed by atoms with van der Waals surface area (Å²) in [6.45, 7) is 0.221. The van der Waals surface area contributed by atoms with Gasteiger partial charge in [0.25, 0.3) is 5.91 Å². The van der Waals surface area contributed by atoms with Gasteiger partial charge in [0, 0.05) is 37.3 Å². The second kappa shape index (κ2) is 9.76. The van der Waals surface area contributed by atoms with Gasteiger partial charge < -0.3 is 25.0 Å². The minimum Gasteiger partial charge on any atom is -0.496 e. The maximum atomic E-state index is 13.5. The molecular formula is C27H30N4O6. The highest BCUT2D eigenvalue weighted by Crippen LogP contribution is 2.46. The van der Waals surface area contributed by atoms with Crippen molar-refractivity contribution >= 4 is 29.6 Å². The fourth-order valence-electron chi connectivity index (χ4n) is 5.65. The number of hydrogen-bond donors (Lipinski definition) is 2. The number of likely N-dealkylation sites (tertiary alicyclic amines) is 1. The Kier molecular flexibility index (Phi) is 6.49. The van der Waals surface area contributed by atoms with Crippen molar-refractivity contribution in [3.8, 4) is 5.75 Å². The molecule has 2 N–H and O–H groups in total. The third-order valence-electron chi connectivity index (χ3n) is 7.48. The Morgan fingerprint density at radius 1 is 1.19 bits per heavy atom. The zero-order valence-electron chi connectivity index (χ0n) is 20.9. The molecule has 10 heteroatoms. The summed E-state index contributed by atoms with van der Waals surface area (Å²) in [7, 11) is 3.14. The number of nitrogens with zero attached hydrogens (tertiary/aromatic N) is 2. The number of benzene rings is 2. The molecule has 2 fully saturated rings. The molecule has 5 amide bonds. The van der Waals surface area contributed by atoms with Crippen molar-refractivity contribution in [1.29, 1.82) is 0 Å². The van der Waals surface area contributed by atoms with Crippen LogP contribution in [0, 0.1) is 0 Å². The van der Waals surface area contributed by atoms with E-state index in [2.05, 4.69) is 10.6 Å². The van der Waals surface area contributed by atoms with Gasteiger partial charge in [-0.15, -0.1) is 0 Å². The summed E-state index contributed by atoms with van der Waals surface area (Å²) in [6.07, 6.45) is 2.32. The zero-order chi connectivity index (χ0) is 26.2. The molecule has 0 aromatic heterocycles. The lowest BCUT2D eigenvalue weighted by molar-refractivity contribution is -0.142. The number of aryl methyl sites for hydroxylation is 1. The van der Waals surface area contributed by atoms with E-state index in [0.717, 1.165) is 34.6 Å². The number of urea groups is 1. The third-order valence-corrected chi connectivity index (χ3v) is 7.48. The fourth-order valence-corrected chi connectivity index (χ4v) is 5.65. The molecule has 2 aromatic carbocycles. The van der Waals surface area contributed by atoms with Crippen LogP contribution >= 0.6 is 0 Å². The number of hydrogen-bond acceptors (Lipinski definition) is 6. The van der Waals surface area contributed by atoms with Crippen LogP contribution < -0.4 is 15.4 Å². The summed E-state index contributed by atoms with van der Waals surface area (Å²) in [4.78, 5) is 54.0. The summed E-state index contributed by atoms with van der Waals surface area (Å²) in [5.41, 5.74) is 1.57. The molecule has 2 atom stereocenters. The SMILES string of the molecule is CNC(=O)Nc1ccc2c(c1)CC[C@@]21OC(=O)N(CC(=O)N2CCCC2Cc2ccccc2OC)C1=O. The van der Waals surface area contributed by atoms with Crippen LogP contribution in [0.4, 0.5) is 15.3 Å². The van der Waals surface area contributed by atoms with E-state index < -0.39 is 17.6 Å². The second-order valence-corrected chi connectivity index (χ2v) is 9.56. The van der Waals surface area contributed by atoms with Crippen molar-refractivity contribution < 1.29 is 28.7 Å². The summed E-state index contributed by atoms with van der Waals surface area (Å²) >= 11 is 0. The zero-order valence-corrected chi connectivity index (χ0v) is 20.9. The van der Waals surface area contributed by atoms with Gasteiger partial charge in [-0.3, -0.25) is 9.59 Å². The monoisotopic (exact) mass is 506 g/mol. The molecule has 0 saturated carbocycles. The summed E-state index contributed by atoms with van der Waals surface area (Å²) in [5, 5.41) is 5.19. The van der Waals surface area contributed by atoms with E-state index in [9.17, 15) is 19.2 Å². The molecule has 1 unspecified atom stereocenters. The molecule has 1 aliphatic carbocycles. The van der Waals surface area contributed by atoms with Gasteiger partial charge in [0.1, 0.15) is 12.3 Å². The number of para-hydroxylation sites is 1. The third kappa shape index (κ3) is 4.36. The standard InChI is InChI=1S/C27H30N4O6/c1-28-25(34)29-19-9-10-21-17(14-19)11-12-27(21)24(33)31(26(35)37-27)16-23(32)30-13-5-7-20(30)15-18-6-3-4-8-22(18)36-2/h3-4,6,8-10,14,20H,5,7,11-13,15-16H2,1-2H3,(H2,28,29,34)/t20?,27-/m1/s1. The minimum atomic E-state index is -1.43. The van der Waals surface area contributed by atoms with E-state index in [0.29, 0.717) is 37.1 Å². The molecule has 0 bridgehead atoms. The Morgan fingerprint density at radius 3 is 2.78 bits per heavy atom. The molecule has 194 valence electrons. The molecular weight excluding hydrogens is 476 g/mol. The Morgan fingerprint density at radius 2 is 2.00 bits per heavy atom. The predicted octanol–water partition coefficient (Wildman–Crippen LogP) is 2.80. The van der Waals surface area contributed by atoms with Crippen LogP contribution in [0.3, 0.4) is 0 Å². The Balaban J connectivity index is 1.30. The quantitative estimate of drug-likeness (QED) is 0.622. The number of anilines is 1. The molecule has 2 aromatic rings. The van der Waals surface area contributed by atoms with Gasteiger partial charge in [0.05, 0.1) is 7.11 Å². The van der Waals surface area contributed by atoms with Crippen molar-refractivity contribution in [2.24, 2.45) is 0 Å². The number of rotatable bonds is 6. The van der Waals surface area contributed by atoms with E-state index >= 15 is 0 Å². The number of fused-ring (bicyclic) bond motifs is 2. The average Bonchev–Trinajstić information content (AvgIpc) is 3.57. The number of methoxy groups -OCH3 is 1. The van der Waals surface area contributed by atoms with Crippen LogP contribution in [0.2, 0.25) is 0 Å². The van der Waals surface area contributed by atoms with Gasteiger partial charge in [-0.05, 0) is 55.0 Å². The molecule has 2 heterocycles. The van der Waals surface area contributed by atoms with Gasteiger partial charge in [-0.1, -0.05) is 24.3 Å². The van der Waals surface area contributed by atoms with Gasteiger partial charge in [0.15, 0.2) is 0 Å². The lowest BCUT2D eigenvalue weighted by Crippen LogP contribution is -2.46. The number of ether oxygens (including phenoxy) is 2. The van der Waals surface area contributed by atoms with Crippen LogP contribution in [-0.4, -0.2) is 67.0 Å². The molecule has 0 radical (unpaired) electrons. The molecule has 10 nitrogen and oxygen atoms in total. The summed E-state index contributed by atoms with van der Waals surface area (Å²) < 4.78 is 11.1. The normalized spacial score (nSPS) is 22.3. The number of nitrogens with one attached hydrogen (secondary N) is 2. The van der Waals surface area contributed by atoms with Crippen LogP contribution in [0.15, 0.2) is 42.5 Å². The van der Waals surface area contributed by atoms with Crippen LogP contribution in [0.25, 0.3) is 0 Å². The van der Waals surface area contributed by atoms with Gasteiger partial charge in [0.2, 0.25) is 11.5 Å². The first-order valence-corrected chi connectivity index (χ1v) is 12.4. The largest absolute Gasteiger partial charge is 0.496 e. The molecule has 1 spiro atoms. The van der Waals surface area contributed by atoms with Gasteiger partial charge in [-0.25, -0.2) is 14.5 Å². The second-order valence-electron chi connectivity index (χ2n) is 9.56. The van der Waals surface area contributed by atoms with E-state index in [-0.39, 0.29) is 24.5 Å². The molecule has 5 rings (SSSR count). The Hall–Kier alpha value is -4.08. The lowest BCUT2D eigenvalue weighted by atomic mass is 9.94. The molecule has 3 aliphatic rings. The lowest BCUT2D eigenvalue weighted by Gasteiger charge is -2.27. The highest BCUT2D eigenvalue weighted by Gasteiger charge is 2.58. The summed E-state index contributed by atoms with van der Waals surface area (Å²) in [6, 6.07) is 12.5. The van der Waals surface area contributed by atoms with E-state index in [4.69, 9.17) is 9.47 Å². The van der Waals surface area contributed by atoms with Crippen molar-refractivity contribution in [3.05, 3.63) is 59.2 Å². The topological polar surface area (TPSA) is 117 Å². The minimum absolute atomic E-state index is 0.0371.